The summed E-state index contributed by atoms with van der Waals surface area (Å²) in [5.74, 6) is 0.112. The highest BCUT2D eigenvalue weighted by Crippen LogP contribution is 2.21. The average Bonchev–Trinajstić information content (AvgIpc) is 3.30. The fourth-order valence-corrected chi connectivity index (χ4v) is 3.27. The van der Waals surface area contributed by atoms with Crippen LogP contribution in [0.2, 0.25) is 5.02 Å². The molecule has 0 radical (unpaired) electrons. The first-order valence-corrected chi connectivity index (χ1v) is 10.0. The third-order valence-corrected chi connectivity index (χ3v) is 4.72. The van der Waals surface area contributed by atoms with E-state index >= 15 is 0 Å². The highest BCUT2D eigenvalue weighted by Gasteiger charge is 2.19. The monoisotopic (exact) mass is 481 g/mol. The van der Waals surface area contributed by atoms with Gasteiger partial charge in [0.05, 0.1) is 6.04 Å². The molecule has 4 aromatic rings. The number of aromatic nitrogens is 5. The number of nitrogens with zero attached hydrogens (tertiary/aromatic N) is 5. The minimum absolute atomic E-state index is 0. The third kappa shape index (κ3) is 5.73. The fourth-order valence-electron chi connectivity index (χ4n) is 3.03. The van der Waals surface area contributed by atoms with Crippen LogP contribution in [0, 0.1) is 0 Å². The zero-order chi connectivity index (χ0) is 22.5. The Hall–Kier alpha value is -3.76. The van der Waals surface area contributed by atoms with Gasteiger partial charge in [-0.1, -0.05) is 29.8 Å². The SMILES string of the molecule is C[C@@H](NC(=O)c1cc(Cl)cc(NC(=O)c2ccccc2)c1)c1ncnn1-c1ncccn1.S. The normalized spacial score (nSPS) is 11.2. The van der Waals surface area contributed by atoms with Crippen molar-refractivity contribution >= 4 is 42.6 Å². The quantitative estimate of drug-likeness (QED) is 0.435. The number of amides is 2. The summed E-state index contributed by atoms with van der Waals surface area (Å²) in [5, 5.41) is 10.1. The van der Waals surface area contributed by atoms with Gasteiger partial charge in [0.2, 0.25) is 0 Å². The Morgan fingerprint density at radius 3 is 2.39 bits per heavy atom. The molecule has 0 bridgehead atoms. The van der Waals surface area contributed by atoms with Crippen LogP contribution >= 0.6 is 25.1 Å². The number of hydrogen-bond donors (Lipinski definition) is 2. The molecular weight excluding hydrogens is 462 g/mol. The fraction of sp³-hybridized carbons (Fsp3) is 0.0909. The molecule has 2 aromatic heterocycles. The molecular formula is C22H20ClN7O2S. The van der Waals surface area contributed by atoms with Crippen molar-refractivity contribution in [2.45, 2.75) is 13.0 Å². The first kappa shape index (κ1) is 23.9. The number of benzene rings is 2. The van der Waals surface area contributed by atoms with E-state index in [1.807, 2.05) is 6.07 Å². The van der Waals surface area contributed by atoms with Crippen molar-refractivity contribution < 1.29 is 9.59 Å². The smallest absolute Gasteiger partial charge is 0.255 e. The van der Waals surface area contributed by atoms with Crippen LogP contribution in [-0.4, -0.2) is 36.5 Å². The van der Waals surface area contributed by atoms with Gasteiger partial charge in [-0.05, 0) is 43.3 Å². The van der Waals surface area contributed by atoms with Gasteiger partial charge in [-0.2, -0.15) is 23.3 Å². The Kier molecular flexibility index (Phi) is 7.75. The minimum atomic E-state index is -0.504. The summed E-state index contributed by atoms with van der Waals surface area (Å²) in [4.78, 5) is 37.8. The predicted octanol–water partition coefficient (Wildman–Crippen LogP) is 3.57. The van der Waals surface area contributed by atoms with Crippen molar-refractivity contribution in [1.29, 1.82) is 0 Å². The molecule has 2 aromatic carbocycles. The van der Waals surface area contributed by atoms with Crippen LogP contribution in [-0.2, 0) is 0 Å². The van der Waals surface area contributed by atoms with E-state index in [-0.39, 0.29) is 25.0 Å². The molecule has 0 unspecified atom stereocenters. The van der Waals surface area contributed by atoms with Gasteiger partial charge >= 0.3 is 0 Å². The molecule has 1 atom stereocenters. The van der Waals surface area contributed by atoms with Crippen LogP contribution in [0.1, 0.15) is 39.5 Å². The zero-order valence-electron chi connectivity index (χ0n) is 17.4. The van der Waals surface area contributed by atoms with E-state index in [1.54, 1.807) is 61.8 Å². The molecule has 11 heteroatoms. The third-order valence-electron chi connectivity index (χ3n) is 4.50. The zero-order valence-corrected chi connectivity index (χ0v) is 19.2. The molecule has 33 heavy (non-hydrogen) atoms. The van der Waals surface area contributed by atoms with Gasteiger partial charge < -0.3 is 10.6 Å². The van der Waals surface area contributed by atoms with Crippen LogP contribution in [0.25, 0.3) is 5.95 Å². The van der Waals surface area contributed by atoms with E-state index in [1.165, 1.54) is 17.1 Å². The van der Waals surface area contributed by atoms with Crippen molar-refractivity contribution in [3.8, 4) is 5.95 Å². The maximum absolute atomic E-state index is 12.9. The van der Waals surface area contributed by atoms with E-state index in [4.69, 9.17) is 11.6 Å². The molecule has 168 valence electrons. The maximum Gasteiger partial charge on any atom is 0.255 e. The van der Waals surface area contributed by atoms with E-state index < -0.39 is 11.9 Å². The van der Waals surface area contributed by atoms with Crippen molar-refractivity contribution in [3.63, 3.8) is 0 Å². The Labute approximate surface area is 201 Å². The minimum Gasteiger partial charge on any atom is -0.342 e. The number of nitrogens with one attached hydrogen (secondary N) is 2. The molecule has 2 heterocycles. The van der Waals surface area contributed by atoms with Crippen molar-refractivity contribution in [1.82, 2.24) is 30.0 Å². The Bertz CT molecular complexity index is 1250. The molecule has 0 aliphatic carbocycles. The summed E-state index contributed by atoms with van der Waals surface area (Å²) in [5.41, 5.74) is 1.19. The van der Waals surface area contributed by atoms with Gasteiger partial charge in [-0.3, -0.25) is 9.59 Å². The second-order valence-electron chi connectivity index (χ2n) is 6.82. The van der Waals surface area contributed by atoms with Crippen LogP contribution in [0.4, 0.5) is 5.69 Å². The lowest BCUT2D eigenvalue weighted by molar-refractivity contribution is 0.0936. The van der Waals surface area contributed by atoms with Gasteiger partial charge in [0.1, 0.15) is 6.33 Å². The van der Waals surface area contributed by atoms with Crippen LogP contribution in [0.5, 0.6) is 0 Å². The van der Waals surface area contributed by atoms with E-state index in [2.05, 4.69) is 30.7 Å². The summed E-state index contributed by atoms with van der Waals surface area (Å²) in [6.07, 6.45) is 4.55. The van der Waals surface area contributed by atoms with Gasteiger partial charge in [0.15, 0.2) is 5.82 Å². The molecule has 0 aliphatic heterocycles. The molecule has 0 spiro atoms. The topological polar surface area (TPSA) is 115 Å². The van der Waals surface area contributed by atoms with Crippen molar-refractivity contribution in [2.75, 3.05) is 5.32 Å². The second kappa shape index (κ2) is 10.7. The lowest BCUT2D eigenvalue weighted by Crippen LogP contribution is -2.29. The van der Waals surface area contributed by atoms with Crippen molar-refractivity contribution in [3.05, 3.63) is 95.3 Å². The van der Waals surface area contributed by atoms with Gasteiger partial charge in [0, 0.05) is 34.2 Å². The summed E-state index contributed by atoms with van der Waals surface area (Å²) in [6, 6.07) is 14.6. The van der Waals surface area contributed by atoms with E-state index in [9.17, 15) is 9.59 Å². The summed E-state index contributed by atoms with van der Waals surface area (Å²) < 4.78 is 1.45. The summed E-state index contributed by atoms with van der Waals surface area (Å²) >= 11 is 6.19. The van der Waals surface area contributed by atoms with Gasteiger partial charge in [-0.15, -0.1) is 0 Å². The van der Waals surface area contributed by atoms with Crippen LogP contribution < -0.4 is 10.6 Å². The molecule has 4 rings (SSSR count). The Morgan fingerprint density at radius 1 is 0.939 bits per heavy atom. The molecule has 0 saturated carbocycles. The molecule has 2 amide bonds. The predicted molar refractivity (Wildman–Crippen MR) is 129 cm³/mol. The van der Waals surface area contributed by atoms with Gasteiger partial charge in [0.25, 0.3) is 17.8 Å². The molecule has 9 nitrogen and oxygen atoms in total. The Morgan fingerprint density at radius 2 is 1.67 bits per heavy atom. The van der Waals surface area contributed by atoms with Gasteiger partial charge in [-0.25, -0.2) is 15.0 Å². The molecule has 0 saturated heterocycles. The molecule has 0 aliphatic rings. The summed E-state index contributed by atoms with van der Waals surface area (Å²) in [7, 11) is 0. The number of carbonyl (C=O) groups is 2. The van der Waals surface area contributed by atoms with Crippen LogP contribution in [0.15, 0.2) is 73.3 Å². The lowest BCUT2D eigenvalue weighted by Gasteiger charge is -2.15. The highest BCUT2D eigenvalue weighted by molar-refractivity contribution is 7.59. The second-order valence-corrected chi connectivity index (χ2v) is 7.26. The number of carbonyl (C=O) groups excluding carboxylic acids is 2. The molecule has 0 fully saturated rings. The average molecular weight is 482 g/mol. The maximum atomic E-state index is 12.9. The standard InChI is InChI=1S/C22H18ClN7O2.H2S/c1-14(19-26-13-27-30(19)22-24-8-5-9-25-22)28-21(32)16-10-17(23)12-18(11-16)29-20(31)15-6-3-2-4-7-15;/h2-14H,1H3,(H,28,32)(H,29,31);1H2/t14-;/m1./s1. The van der Waals surface area contributed by atoms with Crippen molar-refractivity contribution in [2.24, 2.45) is 0 Å². The Balaban J connectivity index is 0.00000306. The number of anilines is 1. The van der Waals surface area contributed by atoms with E-state index in [0.29, 0.717) is 28.0 Å². The molecule has 2 N–H and O–H groups in total. The number of hydrogen-bond acceptors (Lipinski definition) is 6. The summed E-state index contributed by atoms with van der Waals surface area (Å²) in [6.45, 7) is 1.77. The first-order chi connectivity index (χ1) is 15.5. The lowest BCUT2D eigenvalue weighted by atomic mass is 10.1. The largest absolute Gasteiger partial charge is 0.342 e. The van der Waals surface area contributed by atoms with Crippen LogP contribution in [0.3, 0.4) is 0 Å². The number of rotatable bonds is 6. The first-order valence-electron chi connectivity index (χ1n) is 9.66. The highest BCUT2D eigenvalue weighted by atomic mass is 35.5. The number of halogens is 1. The van der Waals surface area contributed by atoms with E-state index in [0.717, 1.165) is 0 Å².